The Bertz CT molecular complexity index is 944. The molecule has 1 amide bonds. The number of aromatic amines is 1. The van der Waals surface area contributed by atoms with Crippen LogP contribution < -0.4 is 0 Å². The lowest BCUT2D eigenvalue weighted by Crippen LogP contribution is -2.66. The number of fused-ring (bicyclic) bond motifs is 1. The number of H-pyrrole nitrogens is 1. The van der Waals surface area contributed by atoms with Crippen molar-refractivity contribution in [3.63, 3.8) is 0 Å². The van der Waals surface area contributed by atoms with Gasteiger partial charge in [-0.05, 0) is 43.9 Å². The molecule has 11 heteroatoms. The van der Waals surface area contributed by atoms with Crippen LogP contribution in [0.5, 0.6) is 0 Å². The normalized spacial score (nSPS) is 14.4. The number of carbonyl (C=O) groups excluding carboxylic acids is 3. The first-order valence-corrected chi connectivity index (χ1v) is 10.6. The van der Waals surface area contributed by atoms with Gasteiger partial charge >= 0.3 is 18.0 Å². The number of aromatic nitrogens is 4. The Morgan fingerprint density at radius 2 is 1.72 bits per heavy atom. The minimum atomic E-state index is -1.98. The number of amides is 1. The molecule has 0 atom stereocenters. The van der Waals surface area contributed by atoms with E-state index in [0.717, 1.165) is 21.6 Å². The standard InChI is InChI=1S/C21H27N5O6/c1-4-30-18(27)21(19(28)31-5-2)12-16-14(10-11-17-22-24-25-23-17)8-7-9-15(16)13-26(21)20(29)32-6-3/h7-9H,4-6,10-13H2,1-3H3,(H,22,23,24,25). The largest absolute Gasteiger partial charge is 0.464 e. The molecule has 1 aromatic heterocycles. The highest BCUT2D eigenvalue weighted by Crippen LogP contribution is 2.36. The summed E-state index contributed by atoms with van der Waals surface area (Å²) < 4.78 is 15.7. The lowest BCUT2D eigenvalue weighted by Gasteiger charge is -2.43. The lowest BCUT2D eigenvalue weighted by molar-refractivity contribution is -0.175. The zero-order valence-corrected chi connectivity index (χ0v) is 18.4. The third-order valence-electron chi connectivity index (χ3n) is 5.31. The van der Waals surface area contributed by atoms with E-state index in [-0.39, 0.29) is 32.8 Å². The molecule has 0 radical (unpaired) electrons. The van der Waals surface area contributed by atoms with E-state index in [1.54, 1.807) is 20.8 Å². The van der Waals surface area contributed by atoms with Gasteiger partial charge in [0.1, 0.15) is 0 Å². The molecule has 0 bridgehead atoms. The molecule has 3 rings (SSSR count). The minimum absolute atomic E-state index is 0.00183. The molecule has 0 fully saturated rings. The smallest absolute Gasteiger partial charge is 0.411 e. The second-order valence-corrected chi connectivity index (χ2v) is 7.15. The molecule has 1 aromatic carbocycles. The molecule has 172 valence electrons. The summed E-state index contributed by atoms with van der Waals surface area (Å²) in [6.45, 7) is 5.11. The van der Waals surface area contributed by atoms with Crippen molar-refractivity contribution in [3.05, 3.63) is 40.7 Å². The highest BCUT2D eigenvalue weighted by atomic mass is 16.6. The van der Waals surface area contributed by atoms with Gasteiger partial charge in [0, 0.05) is 12.8 Å². The Labute approximate surface area is 185 Å². The van der Waals surface area contributed by atoms with Crippen molar-refractivity contribution in [1.29, 1.82) is 0 Å². The fraction of sp³-hybridized carbons (Fsp3) is 0.524. The summed E-state index contributed by atoms with van der Waals surface area (Å²) in [6.07, 6.45) is 0.210. The van der Waals surface area contributed by atoms with Crippen molar-refractivity contribution in [1.82, 2.24) is 25.5 Å². The van der Waals surface area contributed by atoms with Crippen molar-refractivity contribution in [2.24, 2.45) is 0 Å². The predicted octanol–water partition coefficient (Wildman–Crippen LogP) is 1.36. The number of esters is 2. The van der Waals surface area contributed by atoms with Gasteiger partial charge in [0.05, 0.1) is 26.4 Å². The molecule has 0 saturated carbocycles. The summed E-state index contributed by atoms with van der Waals surface area (Å²) in [5.41, 5.74) is 0.535. The zero-order chi connectivity index (χ0) is 23.1. The predicted molar refractivity (Wildman–Crippen MR) is 110 cm³/mol. The fourth-order valence-electron chi connectivity index (χ4n) is 3.86. The van der Waals surface area contributed by atoms with Crippen LogP contribution in [-0.2, 0) is 49.6 Å². The maximum absolute atomic E-state index is 13.2. The number of nitrogens with zero attached hydrogens (tertiary/aromatic N) is 4. The van der Waals surface area contributed by atoms with Gasteiger partial charge in [-0.15, -0.1) is 10.2 Å². The summed E-state index contributed by atoms with van der Waals surface area (Å²) in [7, 11) is 0. The van der Waals surface area contributed by atoms with E-state index in [0.29, 0.717) is 18.7 Å². The second-order valence-electron chi connectivity index (χ2n) is 7.15. The lowest BCUT2D eigenvalue weighted by atomic mass is 9.80. The summed E-state index contributed by atoms with van der Waals surface area (Å²) in [5.74, 6) is -1.14. The molecule has 2 aromatic rings. The Morgan fingerprint density at radius 1 is 1.03 bits per heavy atom. The van der Waals surface area contributed by atoms with E-state index in [9.17, 15) is 14.4 Å². The maximum atomic E-state index is 13.2. The number of tetrazole rings is 1. The number of hydrogen-bond donors (Lipinski definition) is 1. The third kappa shape index (κ3) is 4.41. The van der Waals surface area contributed by atoms with E-state index in [4.69, 9.17) is 14.2 Å². The Morgan fingerprint density at radius 3 is 2.31 bits per heavy atom. The van der Waals surface area contributed by atoms with Crippen LogP contribution in [0, 0.1) is 0 Å². The zero-order valence-electron chi connectivity index (χ0n) is 18.4. The number of carbonyl (C=O) groups is 3. The first-order valence-electron chi connectivity index (χ1n) is 10.6. The number of aryl methyl sites for hydroxylation is 2. The van der Waals surface area contributed by atoms with Gasteiger partial charge in [0.25, 0.3) is 0 Å². The number of nitrogens with one attached hydrogen (secondary N) is 1. The molecule has 1 aliphatic rings. The molecule has 1 N–H and O–H groups in total. The first kappa shape index (κ1) is 23.2. The van der Waals surface area contributed by atoms with Crippen molar-refractivity contribution in [2.75, 3.05) is 19.8 Å². The van der Waals surface area contributed by atoms with Crippen LogP contribution in [0.25, 0.3) is 0 Å². The molecule has 0 unspecified atom stereocenters. The van der Waals surface area contributed by atoms with Gasteiger partial charge in [-0.3, -0.25) is 4.90 Å². The highest BCUT2D eigenvalue weighted by Gasteiger charge is 2.58. The van der Waals surface area contributed by atoms with Gasteiger partial charge in [-0.25, -0.2) is 14.4 Å². The molecular formula is C21H27N5O6. The first-order chi connectivity index (χ1) is 15.5. The average molecular weight is 445 g/mol. The van der Waals surface area contributed by atoms with Gasteiger partial charge in [0.2, 0.25) is 5.54 Å². The van der Waals surface area contributed by atoms with Crippen LogP contribution in [0.15, 0.2) is 18.2 Å². The molecule has 0 aliphatic carbocycles. The molecule has 0 saturated heterocycles. The fourth-order valence-corrected chi connectivity index (χ4v) is 3.86. The van der Waals surface area contributed by atoms with Crippen LogP contribution in [0.4, 0.5) is 4.79 Å². The Hall–Kier alpha value is -3.50. The van der Waals surface area contributed by atoms with Crippen molar-refractivity contribution >= 4 is 18.0 Å². The summed E-state index contributed by atoms with van der Waals surface area (Å²) >= 11 is 0. The number of ether oxygens (including phenoxy) is 3. The van der Waals surface area contributed by atoms with Crippen LogP contribution in [0.1, 0.15) is 43.3 Å². The van der Waals surface area contributed by atoms with Gasteiger partial charge in [-0.2, -0.15) is 5.21 Å². The van der Waals surface area contributed by atoms with Crippen LogP contribution in [0.3, 0.4) is 0 Å². The summed E-state index contributed by atoms with van der Waals surface area (Å²) in [5, 5.41) is 13.9. The molecule has 32 heavy (non-hydrogen) atoms. The quantitative estimate of drug-likeness (QED) is 0.363. The summed E-state index contributed by atoms with van der Waals surface area (Å²) in [6, 6.07) is 5.65. The summed E-state index contributed by atoms with van der Waals surface area (Å²) in [4.78, 5) is 40.4. The minimum Gasteiger partial charge on any atom is -0.464 e. The third-order valence-corrected chi connectivity index (χ3v) is 5.31. The molecule has 11 nitrogen and oxygen atoms in total. The van der Waals surface area contributed by atoms with Gasteiger partial charge in [-0.1, -0.05) is 23.4 Å². The highest BCUT2D eigenvalue weighted by molar-refractivity contribution is 6.08. The second kappa shape index (κ2) is 10.2. The van der Waals surface area contributed by atoms with Crippen LogP contribution >= 0.6 is 0 Å². The maximum Gasteiger partial charge on any atom is 0.411 e. The molecular weight excluding hydrogens is 418 g/mol. The van der Waals surface area contributed by atoms with Gasteiger partial charge in [0.15, 0.2) is 5.82 Å². The van der Waals surface area contributed by atoms with E-state index >= 15 is 0 Å². The van der Waals surface area contributed by atoms with E-state index in [1.165, 1.54) is 0 Å². The average Bonchev–Trinajstić information content (AvgIpc) is 3.30. The van der Waals surface area contributed by atoms with Crippen LogP contribution in [-0.4, -0.2) is 68.9 Å². The van der Waals surface area contributed by atoms with Crippen molar-refractivity contribution in [2.45, 2.75) is 52.1 Å². The monoisotopic (exact) mass is 445 g/mol. The van der Waals surface area contributed by atoms with E-state index in [2.05, 4.69) is 20.6 Å². The van der Waals surface area contributed by atoms with E-state index < -0.39 is 23.6 Å². The number of benzene rings is 1. The molecule has 2 heterocycles. The Kier molecular flexibility index (Phi) is 7.39. The van der Waals surface area contributed by atoms with Gasteiger partial charge < -0.3 is 14.2 Å². The number of hydrogen-bond acceptors (Lipinski definition) is 9. The SMILES string of the molecule is CCOC(=O)N1Cc2cccc(CCc3nn[nH]n3)c2CC1(C(=O)OCC)C(=O)OCC. The topological polar surface area (TPSA) is 137 Å². The van der Waals surface area contributed by atoms with Crippen molar-refractivity contribution in [3.8, 4) is 0 Å². The van der Waals surface area contributed by atoms with Crippen molar-refractivity contribution < 1.29 is 28.6 Å². The Balaban J connectivity index is 2.07. The number of rotatable bonds is 8. The van der Waals surface area contributed by atoms with Crippen LogP contribution in [0.2, 0.25) is 0 Å². The van der Waals surface area contributed by atoms with E-state index in [1.807, 2.05) is 18.2 Å². The molecule has 1 aliphatic heterocycles. The molecule has 0 spiro atoms.